The molecule has 9 aromatic rings. The molecule has 0 N–H and O–H groups in total. The van der Waals surface area contributed by atoms with Gasteiger partial charge in [-0.1, -0.05) is 54.6 Å². The van der Waals surface area contributed by atoms with Crippen molar-refractivity contribution in [1.29, 1.82) is 15.8 Å². The highest BCUT2D eigenvalue weighted by Crippen LogP contribution is 2.41. The van der Waals surface area contributed by atoms with E-state index in [1.54, 1.807) is 12.1 Å². The van der Waals surface area contributed by atoms with Crippen LogP contribution in [-0.4, -0.2) is 0 Å². The second-order valence-corrected chi connectivity index (χ2v) is 12.3. The van der Waals surface area contributed by atoms with Crippen molar-refractivity contribution >= 4 is 43.9 Å². The molecule has 5 heteroatoms. The van der Waals surface area contributed by atoms with Gasteiger partial charge in [0.15, 0.2) is 0 Å². The minimum Gasteiger partial charge on any atom is -0.456 e. The third-order valence-electron chi connectivity index (χ3n) is 9.37. The van der Waals surface area contributed by atoms with Crippen LogP contribution < -0.4 is 0 Å². The van der Waals surface area contributed by atoms with Crippen LogP contribution in [0.1, 0.15) is 16.7 Å². The summed E-state index contributed by atoms with van der Waals surface area (Å²) < 4.78 is 12.3. The molecule has 7 aromatic carbocycles. The first-order valence-electron chi connectivity index (χ1n) is 16.1. The van der Waals surface area contributed by atoms with Crippen molar-refractivity contribution in [3.8, 4) is 62.7 Å². The first-order valence-corrected chi connectivity index (χ1v) is 16.1. The van der Waals surface area contributed by atoms with E-state index >= 15 is 0 Å². The highest BCUT2D eigenvalue weighted by Gasteiger charge is 2.16. The average Bonchev–Trinajstić information content (AvgIpc) is 3.74. The van der Waals surface area contributed by atoms with E-state index in [1.807, 2.05) is 72.8 Å². The number of rotatable bonds is 4. The van der Waals surface area contributed by atoms with Gasteiger partial charge in [-0.25, -0.2) is 0 Å². The van der Waals surface area contributed by atoms with E-state index in [2.05, 4.69) is 72.8 Å². The number of nitrogens with zero attached hydrogens (tertiary/aromatic N) is 3. The largest absolute Gasteiger partial charge is 0.456 e. The zero-order chi connectivity index (χ0) is 33.8. The molecule has 0 aliphatic rings. The summed E-state index contributed by atoms with van der Waals surface area (Å²) in [5.74, 6) is 0. The van der Waals surface area contributed by atoms with E-state index in [0.29, 0.717) is 16.7 Å². The van der Waals surface area contributed by atoms with Gasteiger partial charge in [-0.05, 0) is 124 Å². The van der Waals surface area contributed by atoms with Crippen LogP contribution in [0.15, 0.2) is 148 Å². The van der Waals surface area contributed by atoms with E-state index in [0.717, 1.165) is 88.4 Å². The van der Waals surface area contributed by atoms with Gasteiger partial charge in [0.05, 0.1) is 34.9 Å². The predicted molar refractivity (Wildman–Crippen MR) is 197 cm³/mol. The summed E-state index contributed by atoms with van der Waals surface area (Å²) in [7, 11) is 0. The Morgan fingerprint density at radius 2 is 0.780 bits per heavy atom. The van der Waals surface area contributed by atoms with E-state index < -0.39 is 0 Å². The van der Waals surface area contributed by atoms with Gasteiger partial charge in [0, 0.05) is 27.1 Å². The Morgan fingerprint density at radius 3 is 1.30 bits per heavy atom. The molecule has 0 bridgehead atoms. The first kappa shape index (κ1) is 28.8. The zero-order valence-electron chi connectivity index (χ0n) is 26.4. The maximum Gasteiger partial charge on any atom is 0.135 e. The minimum atomic E-state index is 0.577. The second kappa shape index (κ2) is 11.4. The van der Waals surface area contributed by atoms with Crippen molar-refractivity contribution in [3.05, 3.63) is 156 Å². The quantitative estimate of drug-likeness (QED) is 0.191. The minimum absolute atomic E-state index is 0.577. The van der Waals surface area contributed by atoms with E-state index in [-0.39, 0.29) is 0 Å². The molecule has 0 unspecified atom stereocenters. The fraction of sp³-hybridized carbons (Fsp3) is 0. The smallest absolute Gasteiger partial charge is 0.135 e. The molecule has 0 amide bonds. The molecule has 0 fully saturated rings. The van der Waals surface area contributed by atoms with Gasteiger partial charge >= 0.3 is 0 Å². The number of fused-ring (bicyclic) bond motifs is 6. The number of benzene rings is 7. The Balaban J connectivity index is 1.29. The lowest BCUT2D eigenvalue weighted by Gasteiger charge is -2.15. The Kier molecular flexibility index (Phi) is 6.56. The molecule has 0 saturated carbocycles. The van der Waals surface area contributed by atoms with Gasteiger partial charge in [-0.15, -0.1) is 0 Å². The molecule has 9 rings (SSSR count). The average molecular weight is 638 g/mol. The molecule has 230 valence electrons. The normalized spacial score (nSPS) is 11.1. The summed E-state index contributed by atoms with van der Waals surface area (Å²) in [5.41, 5.74) is 12.6. The Hall–Kier alpha value is -7.39. The van der Waals surface area contributed by atoms with Crippen molar-refractivity contribution in [1.82, 2.24) is 0 Å². The van der Waals surface area contributed by atoms with Crippen LogP contribution >= 0.6 is 0 Å². The highest BCUT2D eigenvalue weighted by atomic mass is 16.3. The van der Waals surface area contributed by atoms with Crippen molar-refractivity contribution in [2.75, 3.05) is 0 Å². The summed E-state index contributed by atoms with van der Waals surface area (Å²) in [6, 6.07) is 52.6. The van der Waals surface area contributed by atoms with Gasteiger partial charge < -0.3 is 8.83 Å². The van der Waals surface area contributed by atoms with Crippen LogP contribution in [0.2, 0.25) is 0 Å². The third kappa shape index (κ3) is 4.69. The third-order valence-corrected chi connectivity index (χ3v) is 9.37. The SMILES string of the molecule is N#Cc1ccc2oc3ccc(-c4cc(-c5ccc6oc7ccc(C#N)cc7c6c5)cc(-c5ccccc5-c5ccccc5C#N)c4)cc3c2c1. The number of hydrogen-bond acceptors (Lipinski definition) is 5. The van der Waals surface area contributed by atoms with Gasteiger partial charge in [-0.3, -0.25) is 0 Å². The predicted octanol–water partition coefficient (Wildman–Crippen LogP) is 11.8. The van der Waals surface area contributed by atoms with E-state index in [1.165, 1.54) is 0 Å². The lowest BCUT2D eigenvalue weighted by Crippen LogP contribution is -1.91. The zero-order valence-corrected chi connectivity index (χ0v) is 26.4. The topological polar surface area (TPSA) is 97.7 Å². The summed E-state index contributed by atoms with van der Waals surface area (Å²) in [6.07, 6.45) is 0. The fourth-order valence-corrected chi connectivity index (χ4v) is 6.95. The second-order valence-electron chi connectivity index (χ2n) is 12.3. The summed E-state index contributed by atoms with van der Waals surface area (Å²) in [6.45, 7) is 0. The molecule has 0 radical (unpaired) electrons. The summed E-state index contributed by atoms with van der Waals surface area (Å²) >= 11 is 0. The van der Waals surface area contributed by atoms with Gasteiger partial charge in [0.25, 0.3) is 0 Å². The van der Waals surface area contributed by atoms with Crippen LogP contribution in [0.4, 0.5) is 0 Å². The van der Waals surface area contributed by atoms with Crippen LogP contribution in [0.3, 0.4) is 0 Å². The van der Waals surface area contributed by atoms with Gasteiger partial charge in [0.2, 0.25) is 0 Å². The fourth-order valence-electron chi connectivity index (χ4n) is 6.95. The molecule has 0 aliphatic heterocycles. The molecule has 50 heavy (non-hydrogen) atoms. The molecule has 0 aliphatic carbocycles. The molecule has 0 atom stereocenters. The van der Waals surface area contributed by atoms with Crippen LogP contribution in [-0.2, 0) is 0 Å². The van der Waals surface area contributed by atoms with Gasteiger partial charge in [-0.2, -0.15) is 15.8 Å². The molecule has 2 heterocycles. The van der Waals surface area contributed by atoms with E-state index in [4.69, 9.17) is 8.83 Å². The number of hydrogen-bond donors (Lipinski definition) is 0. The van der Waals surface area contributed by atoms with Crippen LogP contribution in [0, 0.1) is 34.0 Å². The van der Waals surface area contributed by atoms with Crippen LogP contribution in [0.25, 0.3) is 88.4 Å². The molecule has 0 spiro atoms. The van der Waals surface area contributed by atoms with Crippen molar-refractivity contribution in [2.24, 2.45) is 0 Å². The molecule has 5 nitrogen and oxygen atoms in total. The molecular weight excluding hydrogens is 615 g/mol. The maximum absolute atomic E-state index is 9.98. The molecule has 2 aromatic heterocycles. The van der Waals surface area contributed by atoms with Gasteiger partial charge in [0.1, 0.15) is 22.3 Å². The number of nitriles is 3. The standard InChI is InChI=1S/C45H23N3O2/c46-24-27-9-13-42-38(17-27)40-22-29(11-15-44(40)49-42)32-19-33(30-12-16-45-41(23-30)39-18-28(25-47)10-14-43(39)50-45)21-34(20-32)36-7-3-4-8-37(36)35-6-2-1-5-31(35)26-48/h1-23H. The van der Waals surface area contributed by atoms with Crippen LogP contribution in [0.5, 0.6) is 0 Å². The van der Waals surface area contributed by atoms with Crippen molar-refractivity contribution < 1.29 is 8.83 Å². The Morgan fingerprint density at radius 1 is 0.340 bits per heavy atom. The number of furan rings is 2. The highest BCUT2D eigenvalue weighted by molar-refractivity contribution is 6.08. The Bertz CT molecular complexity index is 2830. The molecular formula is C45H23N3O2. The monoisotopic (exact) mass is 637 g/mol. The van der Waals surface area contributed by atoms with Crippen molar-refractivity contribution in [3.63, 3.8) is 0 Å². The Labute approximate surface area is 286 Å². The lowest BCUT2D eigenvalue weighted by molar-refractivity contribution is 0.668. The van der Waals surface area contributed by atoms with Crippen molar-refractivity contribution in [2.45, 2.75) is 0 Å². The lowest BCUT2D eigenvalue weighted by atomic mass is 9.88. The van der Waals surface area contributed by atoms with E-state index in [9.17, 15) is 15.8 Å². The summed E-state index contributed by atoms with van der Waals surface area (Å²) in [5, 5.41) is 32.8. The summed E-state index contributed by atoms with van der Waals surface area (Å²) in [4.78, 5) is 0. The molecule has 0 saturated heterocycles. The maximum atomic E-state index is 9.98. The first-order chi connectivity index (χ1) is 24.6.